The molecule has 8 aromatic rings. The van der Waals surface area contributed by atoms with Crippen LogP contribution in [0.3, 0.4) is 0 Å². The summed E-state index contributed by atoms with van der Waals surface area (Å²) in [6, 6.07) is 56.2. The average molecular weight is 1330 g/mol. The Morgan fingerprint density at radius 1 is 0.275 bits per heavy atom. The first kappa shape index (κ1) is 67.1. The van der Waals surface area contributed by atoms with E-state index >= 15 is 0 Å². The molecule has 0 saturated carbocycles. The van der Waals surface area contributed by atoms with Crippen molar-refractivity contribution < 1.29 is 108 Å². The molecular formula is C60H60Cl3IO12S4. The first-order chi connectivity index (χ1) is 37.1. The van der Waals surface area contributed by atoms with Gasteiger partial charge in [0, 0.05) is 64.1 Å². The normalized spacial score (nSPS) is 11.6. The van der Waals surface area contributed by atoms with Crippen molar-refractivity contribution in [2.45, 2.75) is 132 Å². The van der Waals surface area contributed by atoms with Gasteiger partial charge in [-0.05, 0) is 180 Å². The largest absolute Gasteiger partial charge is 0.357 e. The van der Waals surface area contributed by atoms with Gasteiger partial charge in [-0.25, -0.2) is 55.9 Å². The Labute approximate surface area is 500 Å². The lowest BCUT2D eigenvalue weighted by molar-refractivity contribution is -2.00. The molecule has 0 N–H and O–H groups in total. The van der Waals surface area contributed by atoms with Crippen molar-refractivity contribution in [3.63, 3.8) is 0 Å². The van der Waals surface area contributed by atoms with E-state index in [0.717, 1.165) is 0 Å². The SMILES string of the molecule is Cc1cc(C)c([S+](c2ccc(Sc3ccc([I+]c4ccc(Sc5ccc([S+](c6c(C)cc(C)cc6C)c6c(C)cc(C)cc6C)cc5)cc4)cc3)cc2)c2c(C)cc(C)cc2C)c(C)c1.[O-][Cl+3]([O-])([O-])[O-].[O-][Cl+3]([O-])([O-])[O-].[O-][Cl+3]([O-])([O-])[O-]. The number of hydrogen-bond acceptors (Lipinski definition) is 14. The monoisotopic (exact) mass is 1330 g/mol. The van der Waals surface area contributed by atoms with Gasteiger partial charge in [0.15, 0.2) is 36.5 Å². The van der Waals surface area contributed by atoms with E-state index in [0.29, 0.717) is 0 Å². The Bertz CT molecular complexity index is 2910. The van der Waals surface area contributed by atoms with Crippen molar-refractivity contribution in [3.8, 4) is 0 Å². The van der Waals surface area contributed by atoms with Crippen LogP contribution in [0.25, 0.3) is 0 Å². The second-order valence-corrected chi connectivity index (χ2v) is 30.2. The molecule has 0 aliphatic rings. The summed E-state index contributed by atoms with van der Waals surface area (Å²) >= 11 is 3.42. The Morgan fingerprint density at radius 2 is 0.438 bits per heavy atom. The maximum absolute atomic E-state index is 8.49. The molecule has 0 aromatic heterocycles. The fourth-order valence-corrected chi connectivity index (χ4v) is 18.5. The van der Waals surface area contributed by atoms with Gasteiger partial charge in [0.2, 0.25) is 0 Å². The van der Waals surface area contributed by atoms with E-state index in [1.165, 1.54) is 123 Å². The summed E-state index contributed by atoms with van der Waals surface area (Å²) in [6.07, 6.45) is 0. The number of aryl methyl sites for hydroxylation is 12. The fourth-order valence-electron chi connectivity index (χ4n) is 9.45. The molecule has 0 heterocycles. The highest BCUT2D eigenvalue weighted by Gasteiger charge is 2.37. The summed E-state index contributed by atoms with van der Waals surface area (Å²) in [7, 11) is -15.2. The molecule has 20 heteroatoms. The third kappa shape index (κ3) is 21.5. The lowest BCUT2D eigenvalue weighted by atomic mass is 10.1. The van der Waals surface area contributed by atoms with E-state index in [9.17, 15) is 0 Å². The van der Waals surface area contributed by atoms with Crippen LogP contribution < -0.4 is 77.1 Å². The minimum atomic E-state index is -4.94. The van der Waals surface area contributed by atoms with Crippen LogP contribution >= 0.6 is 23.5 Å². The minimum Gasteiger partial charge on any atom is -0.222 e. The van der Waals surface area contributed by atoms with Crippen LogP contribution in [0.4, 0.5) is 0 Å². The predicted octanol–water partition coefficient (Wildman–Crippen LogP) is -0.259. The van der Waals surface area contributed by atoms with Gasteiger partial charge < -0.3 is 0 Å². The van der Waals surface area contributed by atoms with Crippen molar-refractivity contribution in [2.24, 2.45) is 0 Å². The highest BCUT2D eigenvalue weighted by atomic mass is 127. The maximum atomic E-state index is 8.49. The molecular weight excluding hydrogens is 1270 g/mol. The average Bonchev–Trinajstić information content (AvgIpc) is 3.30. The van der Waals surface area contributed by atoms with Gasteiger partial charge in [0.05, 0.1) is 0 Å². The molecule has 0 unspecified atom stereocenters. The van der Waals surface area contributed by atoms with Crippen LogP contribution in [0.1, 0.15) is 66.8 Å². The van der Waals surface area contributed by atoms with Gasteiger partial charge >= 0.3 is 21.2 Å². The van der Waals surface area contributed by atoms with Gasteiger partial charge in [0.25, 0.3) is 0 Å². The molecule has 0 saturated heterocycles. The molecule has 0 spiro atoms. The number of rotatable bonds is 12. The third-order valence-corrected chi connectivity index (χ3v) is 22.1. The maximum Gasteiger partial charge on any atom is 0.357 e. The van der Waals surface area contributed by atoms with Gasteiger partial charge in [-0.2, -0.15) is 0 Å². The Morgan fingerprint density at radius 3 is 0.613 bits per heavy atom. The lowest BCUT2D eigenvalue weighted by Crippen LogP contribution is -3.61. The summed E-state index contributed by atoms with van der Waals surface area (Å²) in [6.45, 7) is 27.1. The topological polar surface area (TPSA) is 277 Å². The summed E-state index contributed by atoms with van der Waals surface area (Å²) in [4.78, 5) is 13.7. The van der Waals surface area contributed by atoms with Gasteiger partial charge in [0.1, 0.15) is 21.8 Å². The zero-order chi connectivity index (χ0) is 59.6. The van der Waals surface area contributed by atoms with E-state index in [2.05, 4.69) is 229 Å². The van der Waals surface area contributed by atoms with Crippen LogP contribution in [-0.4, -0.2) is 0 Å². The molecule has 0 aliphatic heterocycles. The fraction of sp³-hybridized carbons (Fsp3) is 0.200. The van der Waals surface area contributed by atoms with E-state index in [1.807, 2.05) is 23.5 Å². The quantitative estimate of drug-likeness (QED) is 0.113. The van der Waals surface area contributed by atoms with Crippen LogP contribution in [0.5, 0.6) is 0 Å². The summed E-state index contributed by atoms with van der Waals surface area (Å²) in [5.41, 5.74) is 16.3. The summed E-state index contributed by atoms with van der Waals surface area (Å²) < 4.78 is 105. The first-order valence-corrected chi connectivity index (χ1v) is 34.1. The van der Waals surface area contributed by atoms with Crippen LogP contribution in [-0.2, 0) is 21.8 Å². The highest BCUT2D eigenvalue weighted by Crippen LogP contribution is 2.42. The van der Waals surface area contributed by atoms with Crippen molar-refractivity contribution in [1.82, 2.24) is 0 Å². The second-order valence-electron chi connectivity index (χ2n) is 18.8. The first-order valence-electron chi connectivity index (χ1n) is 24.2. The van der Waals surface area contributed by atoms with Crippen LogP contribution in [0.2, 0.25) is 0 Å². The summed E-state index contributed by atoms with van der Waals surface area (Å²) in [5, 5.41) is 0. The zero-order valence-corrected chi connectivity index (χ0v) is 53.6. The van der Waals surface area contributed by atoms with E-state index < -0.39 is 30.7 Å². The molecule has 424 valence electrons. The van der Waals surface area contributed by atoms with Crippen molar-refractivity contribution in [1.29, 1.82) is 0 Å². The predicted molar refractivity (Wildman–Crippen MR) is 278 cm³/mol. The van der Waals surface area contributed by atoms with Crippen LogP contribution in [0.15, 0.2) is 195 Å². The van der Waals surface area contributed by atoms with Gasteiger partial charge in [-0.3, -0.25) is 0 Å². The lowest BCUT2D eigenvalue weighted by Gasteiger charge is -2.17. The molecule has 80 heavy (non-hydrogen) atoms. The van der Waals surface area contributed by atoms with E-state index in [1.54, 1.807) is 0 Å². The van der Waals surface area contributed by atoms with Crippen molar-refractivity contribution in [2.75, 3.05) is 0 Å². The Kier molecular flexibility index (Phi) is 24.5. The molecule has 8 aromatic carbocycles. The van der Waals surface area contributed by atoms with Crippen molar-refractivity contribution >= 4 is 45.3 Å². The smallest absolute Gasteiger partial charge is 0.222 e. The molecule has 0 radical (unpaired) electrons. The minimum absolute atomic E-state index is 0.193. The molecule has 0 fully saturated rings. The number of halogens is 4. The molecule has 12 nitrogen and oxygen atoms in total. The van der Waals surface area contributed by atoms with Gasteiger partial charge in [-0.1, -0.05) is 94.3 Å². The molecule has 0 amide bonds. The van der Waals surface area contributed by atoms with Crippen LogP contribution in [0, 0.1) is 121 Å². The highest BCUT2D eigenvalue weighted by molar-refractivity contribution is 7.99. The molecule has 0 atom stereocenters. The molecule has 0 aliphatic carbocycles. The second kappa shape index (κ2) is 29.2. The van der Waals surface area contributed by atoms with Gasteiger partial charge in [-0.15, -0.1) is 30.7 Å². The Balaban J connectivity index is 0.000000694. The third-order valence-electron chi connectivity index (χ3n) is 11.7. The molecule has 8 rings (SSSR count). The van der Waals surface area contributed by atoms with E-state index in [-0.39, 0.29) is 43.0 Å². The Hall–Kier alpha value is -3.72. The zero-order valence-electron chi connectivity index (χ0n) is 45.9. The van der Waals surface area contributed by atoms with E-state index in [4.69, 9.17) is 55.9 Å². The number of benzene rings is 8. The summed E-state index contributed by atoms with van der Waals surface area (Å²) in [5.74, 6) is 0. The van der Waals surface area contributed by atoms with Crippen molar-refractivity contribution in [3.05, 3.63) is 219 Å². The molecule has 0 bridgehead atoms. The standard InChI is InChI=1S/C60H60IS4.3ClHO4/c1-37-29-41(5)57(42(6)30-37)64(58-43(7)31-38(2)32-44(58)8)55-25-21-53(22-26-55)62-51-17-13-49(14-18-51)61-50-15-19-52(20-16-50)63-54-23-27-56(28-24-54)65(59-45(9)33-39(3)34-46(59)10)60-47(11)35-40(4)36-48(60)12;3*2-1(3,4)5/h13-36H,1-12H3;3*(H,2,3,4,5)/q+3;;;/p-3. The number of hydrogen-bond donors (Lipinski definition) is 0.